The summed E-state index contributed by atoms with van der Waals surface area (Å²) in [6, 6.07) is 1.64. The average Bonchev–Trinajstić information content (AvgIpc) is 2.32. The molecule has 3 aliphatic rings. The number of ether oxygens (including phenoxy) is 1. The van der Waals surface area contributed by atoms with Gasteiger partial charge in [-0.3, -0.25) is 4.90 Å². The largest absolute Gasteiger partial charge is 0.380 e. The molecule has 3 fully saturated rings. The SMILES string of the molecule is CCOCCN1C2CC1CN(CCC(C)C)C2. The van der Waals surface area contributed by atoms with E-state index in [1.807, 2.05) is 0 Å². The highest BCUT2D eigenvalue weighted by Crippen LogP contribution is 2.31. The third kappa shape index (κ3) is 3.43. The fourth-order valence-corrected chi connectivity index (χ4v) is 3.08. The zero-order valence-corrected chi connectivity index (χ0v) is 11.7. The summed E-state index contributed by atoms with van der Waals surface area (Å²) in [6.45, 7) is 13.5. The molecular formula is C14H28N2O. The van der Waals surface area contributed by atoms with Crippen molar-refractivity contribution in [1.29, 1.82) is 0 Å². The lowest BCUT2D eigenvalue weighted by atomic mass is 9.87. The summed E-state index contributed by atoms with van der Waals surface area (Å²) in [7, 11) is 0. The predicted octanol–water partition coefficient (Wildman–Crippen LogP) is 1.83. The maximum Gasteiger partial charge on any atom is 0.0593 e. The van der Waals surface area contributed by atoms with Gasteiger partial charge in [0.25, 0.3) is 0 Å². The first-order valence-electron chi connectivity index (χ1n) is 7.26. The predicted molar refractivity (Wildman–Crippen MR) is 71.3 cm³/mol. The molecule has 3 aliphatic heterocycles. The van der Waals surface area contributed by atoms with Crippen LogP contribution in [0.15, 0.2) is 0 Å². The van der Waals surface area contributed by atoms with E-state index >= 15 is 0 Å². The second kappa shape index (κ2) is 6.17. The van der Waals surface area contributed by atoms with E-state index in [2.05, 4.69) is 30.6 Å². The Morgan fingerprint density at radius 1 is 1.18 bits per heavy atom. The van der Waals surface area contributed by atoms with Crippen LogP contribution in [0.25, 0.3) is 0 Å². The maximum atomic E-state index is 5.46. The molecule has 0 aliphatic carbocycles. The van der Waals surface area contributed by atoms with E-state index in [1.54, 1.807) is 0 Å². The number of rotatable bonds is 7. The Morgan fingerprint density at radius 2 is 1.88 bits per heavy atom. The fraction of sp³-hybridized carbons (Fsp3) is 1.00. The summed E-state index contributed by atoms with van der Waals surface area (Å²) in [4.78, 5) is 5.32. The van der Waals surface area contributed by atoms with E-state index < -0.39 is 0 Å². The Balaban J connectivity index is 1.66. The Hall–Kier alpha value is -0.120. The number of fused-ring (bicyclic) bond motifs is 2. The van der Waals surface area contributed by atoms with E-state index in [4.69, 9.17) is 4.74 Å². The molecule has 3 heteroatoms. The van der Waals surface area contributed by atoms with E-state index in [-0.39, 0.29) is 0 Å². The average molecular weight is 240 g/mol. The Labute approximate surface area is 106 Å². The van der Waals surface area contributed by atoms with Gasteiger partial charge in [-0.15, -0.1) is 0 Å². The third-order valence-corrected chi connectivity index (χ3v) is 4.14. The highest BCUT2D eigenvalue weighted by molar-refractivity contribution is 5.00. The van der Waals surface area contributed by atoms with Crippen LogP contribution in [0.4, 0.5) is 0 Å². The van der Waals surface area contributed by atoms with Gasteiger partial charge in [-0.05, 0) is 32.2 Å². The number of hydrogen-bond donors (Lipinski definition) is 0. The summed E-state index contributed by atoms with van der Waals surface area (Å²) in [6.07, 6.45) is 2.77. The molecule has 0 aromatic rings. The highest BCUT2D eigenvalue weighted by Gasteiger charge is 2.43. The zero-order valence-electron chi connectivity index (χ0n) is 11.7. The topological polar surface area (TPSA) is 15.7 Å². The van der Waals surface area contributed by atoms with Gasteiger partial charge in [0, 0.05) is 38.3 Å². The number of piperazine rings is 1. The van der Waals surface area contributed by atoms with Crippen molar-refractivity contribution in [2.75, 3.05) is 39.4 Å². The molecule has 3 saturated heterocycles. The monoisotopic (exact) mass is 240 g/mol. The van der Waals surface area contributed by atoms with Crippen LogP contribution in [-0.4, -0.2) is 61.3 Å². The van der Waals surface area contributed by atoms with Crippen LogP contribution >= 0.6 is 0 Å². The minimum absolute atomic E-state index is 0.821. The van der Waals surface area contributed by atoms with Gasteiger partial charge in [0.15, 0.2) is 0 Å². The summed E-state index contributed by atoms with van der Waals surface area (Å²) in [5.74, 6) is 0.835. The summed E-state index contributed by atoms with van der Waals surface area (Å²) in [5, 5.41) is 0. The minimum Gasteiger partial charge on any atom is -0.380 e. The van der Waals surface area contributed by atoms with Crippen molar-refractivity contribution in [2.24, 2.45) is 5.92 Å². The van der Waals surface area contributed by atoms with Gasteiger partial charge in [-0.1, -0.05) is 13.8 Å². The van der Waals surface area contributed by atoms with Gasteiger partial charge in [0.2, 0.25) is 0 Å². The van der Waals surface area contributed by atoms with Gasteiger partial charge < -0.3 is 9.64 Å². The molecule has 0 spiro atoms. The second-order valence-corrected chi connectivity index (χ2v) is 5.92. The van der Waals surface area contributed by atoms with E-state index in [9.17, 15) is 0 Å². The number of piperidine rings is 1. The molecule has 3 rings (SSSR count). The minimum atomic E-state index is 0.821. The molecule has 17 heavy (non-hydrogen) atoms. The molecule has 0 aromatic heterocycles. The van der Waals surface area contributed by atoms with Gasteiger partial charge >= 0.3 is 0 Å². The first-order valence-corrected chi connectivity index (χ1v) is 7.26. The Bertz CT molecular complexity index is 220. The maximum absolute atomic E-state index is 5.46. The molecule has 0 amide bonds. The molecule has 3 heterocycles. The molecular weight excluding hydrogens is 212 g/mol. The number of hydrogen-bond acceptors (Lipinski definition) is 3. The zero-order chi connectivity index (χ0) is 12.3. The molecule has 0 saturated carbocycles. The summed E-state index contributed by atoms with van der Waals surface area (Å²) in [5.41, 5.74) is 0. The van der Waals surface area contributed by atoms with Crippen molar-refractivity contribution in [3.05, 3.63) is 0 Å². The van der Waals surface area contributed by atoms with Crippen molar-refractivity contribution < 1.29 is 4.74 Å². The first-order chi connectivity index (χ1) is 8.20. The van der Waals surface area contributed by atoms with Gasteiger partial charge in [0.1, 0.15) is 0 Å². The standard InChI is InChI=1S/C14H28N2O/c1-4-17-8-7-16-13-9-14(16)11-15(10-13)6-5-12(2)3/h12-14H,4-11H2,1-3H3. The molecule has 2 unspecified atom stereocenters. The molecule has 2 bridgehead atoms. The van der Waals surface area contributed by atoms with Crippen molar-refractivity contribution in [2.45, 2.75) is 45.7 Å². The van der Waals surface area contributed by atoms with Crippen LogP contribution < -0.4 is 0 Å². The Kier molecular flexibility index (Phi) is 4.83. The molecule has 100 valence electrons. The Morgan fingerprint density at radius 3 is 2.47 bits per heavy atom. The van der Waals surface area contributed by atoms with E-state index in [0.29, 0.717) is 0 Å². The van der Waals surface area contributed by atoms with Crippen LogP contribution in [-0.2, 0) is 4.74 Å². The van der Waals surface area contributed by atoms with Crippen molar-refractivity contribution in [1.82, 2.24) is 9.80 Å². The fourth-order valence-electron chi connectivity index (χ4n) is 3.08. The first kappa shape index (κ1) is 13.3. The van der Waals surface area contributed by atoms with Crippen LogP contribution in [0.3, 0.4) is 0 Å². The summed E-state index contributed by atoms with van der Waals surface area (Å²) >= 11 is 0. The lowest BCUT2D eigenvalue weighted by Gasteiger charge is -2.56. The number of nitrogens with zero attached hydrogens (tertiary/aromatic N) is 2. The van der Waals surface area contributed by atoms with Crippen LogP contribution in [0, 0.1) is 5.92 Å². The van der Waals surface area contributed by atoms with Crippen molar-refractivity contribution >= 4 is 0 Å². The van der Waals surface area contributed by atoms with Crippen LogP contribution in [0.5, 0.6) is 0 Å². The third-order valence-electron chi connectivity index (χ3n) is 4.14. The lowest BCUT2D eigenvalue weighted by Crippen LogP contribution is -2.69. The summed E-state index contributed by atoms with van der Waals surface area (Å²) < 4.78 is 5.46. The van der Waals surface area contributed by atoms with Crippen LogP contribution in [0.1, 0.15) is 33.6 Å². The van der Waals surface area contributed by atoms with E-state index in [0.717, 1.165) is 37.8 Å². The lowest BCUT2D eigenvalue weighted by molar-refractivity contribution is -0.0800. The normalized spacial score (nSPS) is 29.6. The molecule has 0 radical (unpaired) electrons. The quantitative estimate of drug-likeness (QED) is 0.631. The molecule has 0 aromatic carbocycles. The van der Waals surface area contributed by atoms with Gasteiger partial charge in [0.05, 0.1) is 6.61 Å². The van der Waals surface area contributed by atoms with Crippen molar-refractivity contribution in [3.63, 3.8) is 0 Å². The van der Waals surface area contributed by atoms with E-state index in [1.165, 1.54) is 32.5 Å². The van der Waals surface area contributed by atoms with Crippen molar-refractivity contribution in [3.8, 4) is 0 Å². The highest BCUT2D eigenvalue weighted by atomic mass is 16.5. The molecule has 0 N–H and O–H groups in total. The van der Waals surface area contributed by atoms with Gasteiger partial charge in [-0.25, -0.2) is 0 Å². The molecule has 2 atom stereocenters. The molecule has 3 nitrogen and oxygen atoms in total. The second-order valence-electron chi connectivity index (χ2n) is 5.92. The van der Waals surface area contributed by atoms with Gasteiger partial charge in [-0.2, -0.15) is 0 Å². The smallest absolute Gasteiger partial charge is 0.0593 e. The van der Waals surface area contributed by atoms with Crippen LogP contribution in [0.2, 0.25) is 0 Å².